The molecule has 0 spiro atoms. The highest BCUT2D eigenvalue weighted by atomic mass is 32.2. The standard InChI is InChI=1S/C13H13N5S2/c1-9-8-19-13(14-9)20-10(2)12-15-16-17-18(12)11-6-4-3-5-7-11/h3-8,10H,1-2H3. The number of hydrogen-bond acceptors (Lipinski definition) is 6. The SMILES string of the molecule is Cc1csc(SC(C)c2nnnn2-c2ccccc2)n1. The fraction of sp³-hybridized carbons (Fsp3) is 0.231. The molecule has 2 aromatic heterocycles. The molecule has 0 N–H and O–H groups in total. The Morgan fingerprint density at radius 1 is 1.25 bits per heavy atom. The summed E-state index contributed by atoms with van der Waals surface area (Å²) in [7, 11) is 0. The summed E-state index contributed by atoms with van der Waals surface area (Å²) in [6.07, 6.45) is 0. The third kappa shape index (κ3) is 2.73. The largest absolute Gasteiger partial charge is 0.235 e. The molecule has 0 saturated heterocycles. The molecule has 1 unspecified atom stereocenters. The Kier molecular flexibility index (Phi) is 3.79. The van der Waals surface area contributed by atoms with Gasteiger partial charge in [0.05, 0.1) is 10.9 Å². The van der Waals surface area contributed by atoms with Crippen molar-refractivity contribution in [3.8, 4) is 5.69 Å². The van der Waals surface area contributed by atoms with Crippen molar-refractivity contribution >= 4 is 23.1 Å². The van der Waals surface area contributed by atoms with E-state index in [-0.39, 0.29) is 5.25 Å². The number of rotatable bonds is 4. The van der Waals surface area contributed by atoms with Crippen molar-refractivity contribution in [3.05, 3.63) is 47.2 Å². The Morgan fingerprint density at radius 3 is 2.75 bits per heavy atom. The second-order valence-corrected chi connectivity index (χ2v) is 6.75. The van der Waals surface area contributed by atoms with Gasteiger partial charge >= 0.3 is 0 Å². The smallest absolute Gasteiger partial charge is 0.169 e. The summed E-state index contributed by atoms with van der Waals surface area (Å²) in [6, 6.07) is 9.91. The molecule has 0 aliphatic carbocycles. The molecule has 1 atom stereocenters. The molecule has 102 valence electrons. The van der Waals surface area contributed by atoms with Gasteiger partial charge in [-0.25, -0.2) is 4.98 Å². The van der Waals surface area contributed by atoms with Crippen molar-refractivity contribution in [1.29, 1.82) is 0 Å². The van der Waals surface area contributed by atoms with Gasteiger partial charge in [-0.1, -0.05) is 30.0 Å². The number of aryl methyl sites for hydroxylation is 1. The number of para-hydroxylation sites is 1. The Hall–Kier alpha value is -1.73. The third-order valence-corrected chi connectivity index (χ3v) is 4.92. The number of nitrogens with zero attached hydrogens (tertiary/aromatic N) is 5. The van der Waals surface area contributed by atoms with E-state index < -0.39 is 0 Å². The van der Waals surface area contributed by atoms with E-state index in [9.17, 15) is 0 Å². The van der Waals surface area contributed by atoms with Crippen LogP contribution in [-0.2, 0) is 0 Å². The van der Waals surface area contributed by atoms with Gasteiger partial charge in [-0.3, -0.25) is 0 Å². The molecule has 7 heteroatoms. The highest BCUT2D eigenvalue weighted by Gasteiger charge is 2.18. The number of thiazole rings is 1. The predicted molar refractivity (Wildman–Crippen MR) is 80.3 cm³/mol. The third-order valence-electron chi connectivity index (χ3n) is 2.73. The van der Waals surface area contributed by atoms with Gasteiger partial charge < -0.3 is 0 Å². The maximum absolute atomic E-state index is 4.47. The van der Waals surface area contributed by atoms with Gasteiger partial charge in [-0.15, -0.1) is 16.4 Å². The van der Waals surface area contributed by atoms with Crippen molar-refractivity contribution in [1.82, 2.24) is 25.2 Å². The Bertz CT molecular complexity index is 692. The minimum Gasteiger partial charge on any atom is -0.235 e. The van der Waals surface area contributed by atoms with Crippen molar-refractivity contribution in [2.45, 2.75) is 23.4 Å². The quantitative estimate of drug-likeness (QED) is 0.692. The van der Waals surface area contributed by atoms with Gasteiger partial charge in [-0.05, 0) is 36.4 Å². The molecule has 3 rings (SSSR count). The van der Waals surface area contributed by atoms with Crippen LogP contribution in [0.4, 0.5) is 0 Å². The van der Waals surface area contributed by atoms with Gasteiger partial charge in [0.25, 0.3) is 0 Å². The van der Waals surface area contributed by atoms with Crippen molar-refractivity contribution in [2.75, 3.05) is 0 Å². The van der Waals surface area contributed by atoms with Crippen LogP contribution in [0.3, 0.4) is 0 Å². The Morgan fingerprint density at radius 2 is 2.05 bits per heavy atom. The molecule has 3 aromatic rings. The van der Waals surface area contributed by atoms with Crippen LogP contribution in [0.5, 0.6) is 0 Å². The lowest BCUT2D eigenvalue weighted by Crippen LogP contribution is -2.04. The lowest BCUT2D eigenvalue weighted by Gasteiger charge is -2.09. The van der Waals surface area contributed by atoms with E-state index in [0.29, 0.717) is 0 Å². The summed E-state index contributed by atoms with van der Waals surface area (Å²) in [5.74, 6) is 0.828. The van der Waals surface area contributed by atoms with Gasteiger partial charge in [0.2, 0.25) is 0 Å². The number of tetrazole rings is 1. The van der Waals surface area contributed by atoms with Crippen LogP contribution in [0.1, 0.15) is 23.7 Å². The summed E-state index contributed by atoms with van der Waals surface area (Å²) in [5, 5.41) is 14.2. The highest BCUT2D eigenvalue weighted by Crippen LogP contribution is 2.35. The van der Waals surface area contributed by atoms with Gasteiger partial charge in [0.1, 0.15) is 0 Å². The molecule has 0 bridgehead atoms. The average molecular weight is 303 g/mol. The topological polar surface area (TPSA) is 56.5 Å². The first kappa shape index (κ1) is 13.3. The zero-order chi connectivity index (χ0) is 13.9. The fourth-order valence-electron chi connectivity index (χ4n) is 1.79. The highest BCUT2D eigenvalue weighted by molar-refractivity contribution is 8.01. The van der Waals surface area contributed by atoms with Crippen molar-refractivity contribution < 1.29 is 0 Å². The van der Waals surface area contributed by atoms with E-state index in [1.54, 1.807) is 27.8 Å². The molecule has 0 aliphatic rings. The van der Waals surface area contributed by atoms with Crippen LogP contribution in [0, 0.1) is 6.92 Å². The van der Waals surface area contributed by atoms with E-state index in [4.69, 9.17) is 0 Å². The monoisotopic (exact) mass is 303 g/mol. The summed E-state index contributed by atoms with van der Waals surface area (Å²) >= 11 is 3.33. The van der Waals surface area contributed by atoms with Crippen LogP contribution in [-0.4, -0.2) is 25.2 Å². The normalized spacial score (nSPS) is 12.5. The van der Waals surface area contributed by atoms with E-state index in [2.05, 4.69) is 32.8 Å². The average Bonchev–Trinajstić information content (AvgIpc) is 3.09. The second kappa shape index (κ2) is 5.72. The maximum atomic E-state index is 4.47. The number of thioether (sulfide) groups is 1. The van der Waals surface area contributed by atoms with Crippen LogP contribution < -0.4 is 0 Å². The van der Waals surface area contributed by atoms with Crippen LogP contribution in [0.25, 0.3) is 5.69 Å². The van der Waals surface area contributed by atoms with Gasteiger partial charge in [0, 0.05) is 11.1 Å². The summed E-state index contributed by atoms with van der Waals surface area (Å²) < 4.78 is 2.82. The first-order chi connectivity index (χ1) is 9.74. The summed E-state index contributed by atoms with van der Waals surface area (Å²) in [6.45, 7) is 4.09. The van der Waals surface area contributed by atoms with Crippen molar-refractivity contribution in [3.63, 3.8) is 0 Å². The lowest BCUT2D eigenvalue weighted by molar-refractivity contribution is 0.762. The first-order valence-electron chi connectivity index (χ1n) is 6.16. The minimum absolute atomic E-state index is 0.135. The van der Waals surface area contributed by atoms with E-state index in [1.165, 1.54) is 0 Å². The predicted octanol–water partition coefficient (Wildman–Crippen LogP) is 3.28. The molecule has 5 nitrogen and oxygen atoms in total. The van der Waals surface area contributed by atoms with Crippen LogP contribution in [0.15, 0.2) is 40.1 Å². The van der Waals surface area contributed by atoms with Gasteiger partial charge in [-0.2, -0.15) is 4.68 Å². The Balaban J connectivity index is 1.86. The lowest BCUT2D eigenvalue weighted by atomic mass is 10.3. The molecule has 0 fully saturated rings. The van der Waals surface area contributed by atoms with E-state index in [0.717, 1.165) is 21.5 Å². The van der Waals surface area contributed by atoms with Gasteiger partial charge in [0.15, 0.2) is 10.2 Å². The van der Waals surface area contributed by atoms with E-state index in [1.807, 2.05) is 37.3 Å². The summed E-state index contributed by atoms with van der Waals surface area (Å²) in [5.41, 5.74) is 2.02. The molecule has 1 aromatic carbocycles. The molecule has 0 saturated carbocycles. The number of hydrogen-bond donors (Lipinski definition) is 0. The second-order valence-electron chi connectivity index (χ2n) is 4.30. The minimum atomic E-state index is 0.135. The first-order valence-corrected chi connectivity index (χ1v) is 7.92. The molecular formula is C13H13N5S2. The molecule has 0 radical (unpaired) electrons. The molecule has 2 heterocycles. The zero-order valence-corrected chi connectivity index (χ0v) is 12.7. The molecule has 0 amide bonds. The molecule has 20 heavy (non-hydrogen) atoms. The zero-order valence-electron chi connectivity index (χ0n) is 11.1. The van der Waals surface area contributed by atoms with Crippen LogP contribution >= 0.6 is 23.1 Å². The fourth-order valence-corrected chi connectivity index (χ4v) is 3.86. The summed E-state index contributed by atoms with van der Waals surface area (Å²) in [4.78, 5) is 4.47. The molecular weight excluding hydrogens is 290 g/mol. The Labute approximate surface area is 125 Å². The van der Waals surface area contributed by atoms with Crippen molar-refractivity contribution in [2.24, 2.45) is 0 Å². The number of benzene rings is 1. The van der Waals surface area contributed by atoms with Crippen LogP contribution in [0.2, 0.25) is 0 Å². The van der Waals surface area contributed by atoms with E-state index >= 15 is 0 Å². The number of aromatic nitrogens is 5. The molecule has 0 aliphatic heterocycles. The maximum Gasteiger partial charge on any atom is 0.169 e.